The van der Waals surface area contributed by atoms with Crippen molar-refractivity contribution >= 4 is 49.4 Å². The van der Waals surface area contributed by atoms with Gasteiger partial charge in [-0.2, -0.15) is 0 Å². The Kier molecular flexibility index (Phi) is 2.78. The first kappa shape index (κ1) is 14.3. The Balaban J connectivity index is 1.69. The van der Waals surface area contributed by atoms with E-state index in [9.17, 15) is 4.79 Å². The molecule has 6 rings (SSSR count). The van der Waals surface area contributed by atoms with Gasteiger partial charge in [0.25, 0.3) is 5.91 Å². The van der Waals surface area contributed by atoms with Gasteiger partial charge in [-0.15, -0.1) is 11.3 Å². The van der Waals surface area contributed by atoms with Gasteiger partial charge in [0.1, 0.15) is 11.7 Å². The molecule has 1 saturated heterocycles. The van der Waals surface area contributed by atoms with Crippen molar-refractivity contribution in [1.29, 1.82) is 0 Å². The van der Waals surface area contributed by atoms with E-state index in [1.807, 2.05) is 36.4 Å². The van der Waals surface area contributed by atoms with Crippen LogP contribution in [0.3, 0.4) is 0 Å². The summed E-state index contributed by atoms with van der Waals surface area (Å²) in [5, 5.41) is 7.16. The molecule has 26 heavy (non-hydrogen) atoms. The number of hydrogen-bond acceptors (Lipinski definition) is 4. The van der Waals surface area contributed by atoms with Crippen molar-refractivity contribution in [3.63, 3.8) is 0 Å². The first-order chi connectivity index (χ1) is 12.8. The van der Waals surface area contributed by atoms with Crippen LogP contribution in [0.5, 0.6) is 0 Å². The lowest BCUT2D eigenvalue weighted by Crippen LogP contribution is -2.33. The van der Waals surface area contributed by atoms with Crippen LogP contribution in [-0.2, 0) is 9.53 Å². The number of hydrogen-bond donors (Lipinski definition) is 1. The van der Waals surface area contributed by atoms with Gasteiger partial charge in [0, 0.05) is 26.6 Å². The molecule has 4 nitrogen and oxygen atoms in total. The summed E-state index contributed by atoms with van der Waals surface area (Å²) in [7, 11) is 0. The Labute approximate surface area is 152 Å². The summed E-state index contributed by atoms with van der Waals surface area (Å²) in [5.41, 5.74) is 4.28. The van der Waals surface area contributed by atoms with Crippen molar-refractivity contribution in [3.8, 4) is 0 Å². The molecule has 0 spiro atoms. The molecule has 2 aromatic carbocycles. The highest BCUT2D eigenvalue weighted by atomic mass is 32.1. The van der Waals surface area contributed by atoms with Crippen LogP contribution in [0.1, 0.15) is 11.1 Å². The zero-order valence-corrected chi connectivity index (χ0v) is 14.4. The molecule has 1 amide bonds. The number of nitrogens with one attached hydrogen (secondary N) is 1. The van der Waals surface area contributed by atoms with Crippen LogP contribution in [-0.4, -0.2) is 18.2 Å². The lowest BCUT2D eigenvalue weighted by molar-refractivity contribution is -0.116. The zero-order valence-electron chi connectivity index (χ0n) is 13.6. The minimum Gasteiger partial charge on any atom is -0.464 e. The second-order valence-electron chi connectivity index (χ2n) is 6.53. The molecule has 126 valence electrons. The molecule has 2 aromatic heterocycles. The Hall–Kier alpha value is -2.89. The number of benzene rings is 2. The molecule has 2 aliphatic heterocycles. The van der Waals surface area contributed by atoms with Gasteiger partial charge < -0.3 is 14.5 Å². The molecule has 2 atom stereocenters. The van der Waals surface area contributed by atoms with Gasteiger partial charge in [-0.3, -0.25) is 4.79 Å². The first-order valence-electron chi connectivity index (χ1n) is 8.45. The number of ether oxygens (including phenoxy) is 1. The molecule has 0 aliphatic carbocycles. The SMILES string of the molecule is O=C1NC2OC2C(c2csc3ccccc23)=C1c1coc2ccccc12. The van der Waals surface area contributed by atoms with E-state index in [0.29, 0.717) is 5.57 Å². The number of thiophene rings is 1. The van der Waals surface area contributed by atoms with E-state index < -0.39 is 0 Å². The lowest BCUT2D eigenvalue weighted by Gasteiger charge is -2.17. The van der Waals surface area contributed by atoms with Crippen molar-refractivity contribution < 1.29 is 13.9 Å². The van der Waals surface area contributed by atoms with Gasteiger partial charge >= 0.3 is 0 Å². The number of carbonyl (C=O) groups is 1. The third kappa shape index (κ3) is 1.90. The molecule has 1 N–H and O–H groups in total. The second-order valence-corrected chi connectivity index (χ2v) is 7.44. The highest BCUT2D eigenvalue weighted by Gasteiger charge is 2.50. The largest absolute Gasteiger partial charge is 0.464 e. The van der Waals surface area contributed by atoms with Gasteiger partial charge in [0.15, 0.2) is 6.23 Å². The molecule has 4 heterocycles. The predicted octanol–water partition coefficient (Wildman–Crippen LogP) is 4.41. The van der Waals surface area contributed by atoms with E-state index in [1.54, 1.807) is 17.6 Å². The van der Waals surface area contributed by atoms with Crippen molar-refractivity contribution in [3.05, 3.63) is 71.3 Å². The fraction of sp³-hybridized carbons (Fsp3) is 0.0952. The summed E-state index contributed by atoms with van der Waals surface area (Å²) >= 11 is 1.69. The molecule has 2 unspecified atom stereocenters. The van der Waals surface area contributed by atoms with E-state index in [2.05, 4.69) is 22.8 Å². The average molecular weight is 359 g/mol. The topological polar surface area (TPSA) is 54.8 Å². The Bertz CT molecular complexity index is 1230. The van der Waals surface area contributed by atoms with Crippen LogP contribution < -0.4 is 5.32 Å². The maximum absolute atomic E-state index is 12.9. The summed E-state index contributed by atoms with van der Waals surface area (Å²) in [6, 6.07) is 16.0. The van der Waals surface area contributed by atoms with E-state index in [4.69, 9.17) is 9.15 Å². The quantitative estimate of drug-likeness (QED) is 0.539. The molecule has 0 radical (unpaired) electrons. The van der Waals surface area contributed by atoms with Crippen molar-refractivity contribution in [2.24, 2.45) is 0 Å². The summed E-state index contributed by atoms with van der Waals surface area (Å²) in [6.45, 7) is 0. The monoisotopic (exact) mass is 359 g/mol. The van der Waals surface area contributed by atoms with Crippen molar-refractivity contribution in [1.82, 2.24) is 5.32 Å². The average Bonchev–Trinajstić information content (AvgIpc) is 3.13. The van der Waals surface area contributed by atoms with Crippen LogP contribution in [0.2, 0.25) is 0 Å². The van der Waals surface area contributed by atoms with Crippen LogP contribution in [0.15, 0.2) is 64.6 Å². The smallest absolute Gasteiger partial charge is 0.254 e. The second kappa shape index (κ2) is 5.06. The number of furan rings is 1. The standard InChI is InChI=1S/C21H13NO3S/c23-20-18(13-9-24-15-7-3-1-5-11(13)15)17(19-21(22-20)25-19)14-10-26-16-8-4-2-6-12(14)16/h1-10,19,21H,(H,22,23). The molecular formula is C21H13NO3S. The molecular weight excluding hydrogens is 346 g/mol. The molecule has 4 aromatic rings. The number of rotatable bonds is 2. The van der Waals surface area contributed by atoms with Crippen LogP contribution >= 0.6 is 11.3 Å². The number of carbonyl (C=O) groups excluding carboxylic acids is 1. The lowest BCUT2D eigenvalue weighted by atomic mass is 9.89. The first-order valence-corrected chi connectivity index (χ1v) is 9.33. The number of epoxide rings is 1. The maximum atomic E-state index is 12.9. The molecule has 1 fully saturated rings. The van der Waals surface area contributed by atoms with Crippen molar-refractivity contribution in [2.75, 3.05) is 0 Å². The zero-order chi connectivity index (χ0) is 17.3. The minimum atomic E-state index is -0.224. The molecule has 2 aliphatic rings. The third-order valence-electron chi connectivity index (χ3n) is 5.07. The van der Waals surface area contributed by atoms with Crippen LogP contribution in [0.25, 0.3) is 32.2 Å². The fourth-order valence-corrected chi connectivity index (χ4v) is 4.78. The van der Waals surface area contributed by atoms with Crippen molar-refractivity contribution in [2.45, 2.75) is 12.3 Å². The number of amides is 1. The van der Waals surface area contributed by atoms with Gasteiger partial charge in [-0.25, -0.2) is 0 Å². The number of para-hydroxylation sites is 1. The van der Waals surface area contributed by atoms with E-state index in [1.165, 1.54) is 4.70 Å². The molecule has 0 bridgehead atoms. The molecule has 5 heteroatoms. The van der Waals surface area contributed by atoms with Gasteiger partial charge in [-0.05, 0) is 23.1 Å². The van der Waals surface area contributed by atoms with E-state index in [0.717, 1.165) is 33.1 Å². The Morgan fingerprint density at radius 2 is 1.77 bits per heavy atom. The summed E-state index contributed by atoms with van der Waals surface area (Å²) in [6.07, 6.45) is 1.35. The highest BCUT2D eigenvalue weighted by molar-refractivity contribution is 7.17. The van der Waals surface area contributed by atoms with Crippen LogP contribution in [0.4, 0.5) is 0 Å². The Morgan fingerprint density at radius 1 is 0.962 bits per heavy atom. The Morgan fingerprint density at radius 3 is 2.69 bits per heavy atom. The number of fused-ring (bicyclic) bond motifs is 3. The normalized spacial score (nSPS) is 21.9. The highest BCUT2D eigenvalue weighted by Crippen LogP contribution is 2.47. The van der Waals surface area contributed by atoms with Crippen LogP contribution in [0, 0.1) is 0 Å². The fourth-order valence-electron chi connectivity index (χ4n) is 3.82. The predicted molar refractivity (Wildman–Crippen MR) is 102 cm³/mol. The summed E-state index contributed by atoms with van der Waals surface area (Å²) in [4.78, 5) is 12.9. The minimum absolute atomic E-state index is 0.102. The third-order valence-corrected chi connectivity index (χ3v) is 6.03. The van der Waals surface area contributed by atoms with E-state index >= 15 is 0 Å². The van der Waals surface area contributed by atoms with Gasteiger partial charge in [0.2, 0.25) is 0 Å². The molecule has 0 saturated carbocycles. The summed E-state index contributed by atoms with van der Waals surface area (Å²) < 4.78 is 12.7. The van der Waals surface area contributed by atoms with Gasteiger partial charge in [-0.1, -0.05) is 36.4 Å². The summed E-state index contributed by atoms with van der Waals surface area (Å²) in [5.74, 6) is -0.111. The van der Waals surface area contributed by atoms with Gasteiger partial charge in [0.05, 0.1) is 11.8 Å². The maximum Gasteiger partial charge on any atom is 0.254 e. The van der Waals surface area contributed by atoms with E-state index in [-0.39, 0.29) is 18.2 Å².